The molecule has 0 spiro atoms. The quantitative estimate of drug-likeness (QED) is 0.778. The Kier molecular flexibility index (Phi) is 6.40. The Morgan fingerprint density at radius 3 is 2.22 bits per heavy atom. The van der Waals surface area contributed by atoms with E-state index in [1.807, 2.05) is 12.1 Å². The van der Waals surface area contributed by atoms with E-state index in [9.17, 15) is 9.59 Å². The minimum absolute atomic E-state index is 0.181. The lowest BCUT2D eigenvalue weighted by Gasteiger charge is -2.21. The lowest BCUT2D eigenvalue weighted by Crippen LogP contribution is -2.46. The second-order valence-electron chi connectivity index (χ2n) is 5.70. The molecule has 1 aliphatic heterocycles. The normalized spacial score (nSPS) is 14.5. The number of likely N-dealkylation sites (tertiary alicyclic amines) is 1. The van der Waals surface area contributed by atoms with Gasteiger partial charge in [-0.05, 0) is 64.0 Å². The average Bonchev–Trinajstić information content (AvgIpc) is 3.07. The van der Waals surface area contributed by atoms with Crippen LogP contribution >= 0.6 is 0 Å². The number of rotatable bonds is 6. The van der Waals surface area contributed by atoms with Crippen LogP contribution in [0.25, 0.3) is 0 Å². The van der Waals surface area contributed by atoms with Crippen molar-refractivity contribution in [1.29, 1.82) is 0 Å². The molecule has 0 unspecified atom stereocenters. The maximum atomic E-state index is 12.1. The van der Waals surface area contributed by atoms with Crippen molar-refractivity contribution in [2.75, 3.05) is 37.6 Å². The zero-order valence-corrected chi connectivity index (χ0v) is 14.0. The molecule has 2 N–H and O–H groups in total. The summed E-state index contributed by atoms with van der Waals surface area (Å²) in [4.78, 5) is 28.1. The molecule has 23 heavy (non-hydrogen) atoms. The molecular weight excluding hydrogens is 292 g/mol. The van der Waals surface area contributed by atoms with Crippen molar-refractivity contribution in [1.82, 2.24) is 15.8 Å². The molecule has 1 aliphatic rings. The van der Waals surface area contributed by atoms with Crippen LogP contribution in [0.1, 0.15) is 37.0 Å². The number of carbonyl (C=O) groups excluding carboxylic acids is 2. The summed E-state index contributed by atoms with van der Waals surface area (Å²) < 4.78 is 0. The van der Waals surface area contributed by atoms with Gasteiger partial charge in [0.25, 0.3) is 11.8 Å². The predicted octanol–water partition coefficient (Wildman–Crippen LogP) is 1.39. The number of hydrogen-bond acceptors (Lipinski definition) is 4. The van der Waals surface area contributed by atoms with Gasteiger partial charge in [-0.2, -0.15) is 0 Å². The van der Waals surface area contributed by atoms with Gasteiger partial charge in [0.1, 0.15) is 0 Å². The van der Waals surface area contributed by atoms with Crippen molar-refractivity contribution in [3.05, 3.63) is 29.8 Å². The highest BCUT2D eigenvalue weighted by Crippen LogP contribution is 2.14. The van der Waals surface area contributed by atoms with E-state index in [0.29, 0.717) is 12.1 Å². The lowest BCUT2D eigenvalue weighted by atomic mass is 10.2. The third-order valence-corrected chi connectivity index (χ3v) is 4.14. The van der Waals surface area contributed by atoms with Gasteiger partial charge in [0.05, 0.1) is 6.54 Å². The Bertz CT molecular complexity index is 520. The van der Waals surface area contributed by atoms with Crippen LogP contribution < -0.4 is 15.8 Å². The van der Waals surface area contributed by atoms with E-state index in [2.05, 4.69) is 34.5 Å². The van der Waals surface area contributed by atoms with Crippen LogP contribution in [0.15, 0.2) is 24.3 Å². The van der Waals surface area contributed by atoms with Gasteiger partial charge in [-0.3, -0.25) is 25.3 Å². The molecule has 6 nitrogen and oxygen atoms in total. The summed E-state index contributed by atoms with van der Waals surface area (Å²) in [6.45, 7) is 8.28. The fraction of sp³-hybridized carbons (Fsp3) is 0.529. The van der Waals surface area contributed by atoms with Gasteiger partial charge in [-0.1, -0.05) is 0 Å². The van der Waals surface area contributed by atoms with Crippen LogP contribution in [0.2, 0.25) is 0 Å². The van der Waals surface area contributed by atoms with E-state index >= 15 is 0 Å². The Hall–Kier alpha value is -2.08. The Morgan fingerprint density at radius 1 is 1.04 bits per heavy atom. The third-order valence-electron chi connectivity index (χ3n) is 4.14. The lowest BCUT2D eigenvalue weighted by molar-refractivity contribution is -0.122. The number of benzene rings is 1. The van der Waals surface area contributed by atoms with E-state index < -0.39 is 0 Å². The monoisotopic (exact) mass is 318 g/mol. The summed E-state index contributed by atoms with van der Waals surface area (Å²) in [5, 5.41) is 0. The number of hydrogen-bond donors (Lipinski definition) is 2. The molecule has 0 bridgehead atoms. The van der Waals surface area contributed by atoms with Crippen molar-refractivity contribution in [3.63, 3.8) is 0 Å². The summed E-state index contributed by atoms with van der Waals surface area (Å²) in [6.07, 6.45) is 2.27. The van der Waals surface area contributed by atoms with Crippen molar-refractivity contribution in [3.8, 4) is 0 Å². The Labute approximate surface area is 137 Å². The highest BCUT2D eigenvalue weighted by molar-refractivity contribution is 5.95. The van der Waals surface area contributed by atoms with Crippen molar-refractivity contribution >= 4 is 17.5 Å². The van der Waals surface area contributed by atoms with Crippen molar-refractivity contribution in [2.24, 2.45) is 0 Å². The fourth-order valence-electron chi connectivity index (χ4n) is 2.79. The number of carbonyl (C=O) groups is 2. The van der Waals surface area contributed by atoms with Gasteiger partial charge in [0, 0.05) is 24.3 Å². The number of hydrazine groups is 1. The summed E-state index contributed by atoms with van der Waals surface area (Å²) in [5.74, 6) is -0.481. The van der Waals surface area contributed by atoms with E-state index in [0.717, 1.165) is 44.7 Å². The van der Waals surface area contributed by atoms with Gasteiger partial charge in [-0.15, -0.1) is 0 Å². The number of amides is 2. The van der Waals surface area contributed by atoms with Crippen molar-refractivity contribution in [2.45, 2.75) is 26.7 Å². The highest BCUT2D eigenvalue weighted by atomic mass is 16.2. The first kappa shape index (κ1) is 17.3. The number of nitrogens with zero attached hydrogens (tertiary/aromatic N) is 2. The van der Waals surface area contributed by atoms with Gasteiger partial charge >= 0.3 is 0 Å². The second-order valence-corrected chi connectivity index (χ2v) is 5.70. The smallest absolute Gasteiger partial charge is 0.269 e. The summed E-state index contributed by atoms with van der Waals surface area (Å²) in [6, 6.07) is 7.40. The maximum absolute atomic E-state index is 12.1. The minimum Gasteiger partial charge on any atom is -0.372 e. The third kappa shape index (κ3) is 4.96. The van der Waals surface area contributed by atoms with Gasteiger partial charge < -0.3 is 4.90 Å². The van der Waals surface area contributed by atoms with Gasteiger partial charge in [-0.25, -0.2) is 0 Å². The molecular formula is C17H26N4O2. The molecule has 1 heterocycles. The first-order valence-corrected chi connectivity index (χ1v) is 8.30. The zero-order valence-electron chi connectivity index (χ0n) is 14.0. The molecule has 126 valence electrons. The topological polar surface area (TPSA) is 64.7 Å². The molecule has 2 amide bonds. The van der Waals surface area contributed by atoms with E-state index in [-0.39, 0.29) is 11.8 Å². The van der Waals surface area contributed by atoms with E-state index in [1.54, 1.807) is 12.1 Å². The molecule has 0 aliphatic carbocycles. The zero-order chi connectivity index (χ0) is 16.7. The highest BCUT2D eigenvalue weighted by Gasteiger charge is 2.15. The molecule has 6 heteroatoms. The van der Waals surface area contributed by atoms with Crippen LogP contribution in [-0.2, 0) is 4.79 Å². The summed E-state index contributed by atoms with van der Waals surface area (Å²) >= 11 is 0. The van der Waals surface area contributed by atoms with Gasteiger partial charge in [0.2, 0.25) is 0 Å². The average molecular weight is 318 g/mol. The molecule has 1 saturated heterocycles. The summed E-state index contributed by atoms with van der Waals surface area (Å²) in [7, 11) is 0. The maximum Gasteiger partial charge on any atom is 0.269 e. The minimum atomic E-state index is -0.300. The molecule has 2 rings (SSSR count). The molecule has 1 aromatic rings. The van der Waals surface area contributed by atoms with E-state index in [4.69, 9.17) is 0 Å². The molecule has 0 aromatic heterocycles. The number of anilines is 1. The van der Waals surface area contributed by atoms with Crippen LogP contribution in [0.4, 0.5) is 5.69 Å². The SMILES string of the molecule is CCN(CC)c1ccc(C(=O)NNC(=O)CN2CCCC2)cc1. The largest absolute Gasteiger partial charge is 0.372 e. The first-order valence-electron chi connectivity index (χ1n) is 8.30. The van der Waals surface area contributed by atoms with E-state index in [1.165, 1.54) is 0 Å². The van der Waals surface area contributed by atoms with Gasteiger partial charge in [0.15, 0.2) is 0 Å². The Morgan fingerprint density at radius 2 is 1.65 bits per heavy atom. The molecule has 0 radical (unpaired) electrons. The first-order chi connectivity index (χ1) is 11.1. The molecule has 1 fully saturated rings. The second kappa shape index (κ2) is 8.53. The summed E-state index contributed by atoms with van der Waals surface area (Å²) in [5.41, 5.74) is 6.57. The van der Waals surface area contributed by atoms with Crippen LogP contribution in [0.3, 0.4) is 0 Å². The Balaban J connectivity index is 1.81. The molecule has 1 aromatic carbocycles. The fourth-order valence-corrected chi connectivity index (χ4v) is 2.79. The van der Waals surface area contributed by atoms with Crippen LogP contribution in [0.5, 0.6) is 0 Å². The standard InChI is InChI=1S/C17H26N4O2/c1-3-21(4-2)15-9-7-14(8-10-15)17(23)19-18-16(22)13-20-11-5-6-12-20/h7-10H,3-6,11-13H2,1-2H3,(H,18,22)(H,19,23). The van der Waals surface area contributed by atoms with Crippen molar-refractivity contribution < 1.29 is 9.59 Å². The van der Waals surface area contributed by atoms with Crippen LogP contribution in [-0.4, -0.2) is 49.4 Å². The number of nitrogens with one attached hydrogen (secondary N) is 2. The predicted molar refractivity (Wildman–Crippen MR) is 91.3 cm³/mol. The molecule has 0 atom stereocenters. The molecule has 0 saturated carbocycles. The van der Waals surface area contributed by atoms with Crippen LogP contribution in [0, 0.1) is 0 Å².